The van der Waals surface area contributed by atoms with E-state index in [0.717, 1.165) is 0 Å². The predicted molar refractivity (Wildman–Crippen MR) is 86.5 cm³/mol. The summed E-state index contributed by atoms with van der Waals surface area (Å²) in [7, 11) is 0. The average Bonchev–Trinajstić information content (AvgIpc) is 2.44. The van der Waals surface area contributed by atoms with Crippen LogP contribution in [0.4, 0.5) is 8.78 Å². The van der Waals surface area contributed by atoms with Crippen molar-refractivity contribution in [1.29, 1.82) is 0 Å². The summed E-state index contributed by atoms with van der Waals surface area (Å²) in [4.78, 5) is 0. The monoisotopic (exact) mass is 373 g/mol. The van der Waals surface area contributed by atoms with Crippen molar-refractivity contribution >= 4 is 27.5 Å². The average molecular weight is 375 g/mol. The molecule has 1 N–H and O–H groups in total. The molecule has 0 heterocycles. The molecule has 0 atom stereocenters. The van der Waals surface area contributed by atoms with Gasteiger partial charge >= 0.3 is 0 Å². The second-order valence-corrected chi connectivity index (χ2v) is 6.29. The summed E-state index contributed by atoms with van der Waals surface area (Å²) >= 11 is 9.12. The van der Waals surface area contributed by atoms with Crippen LogP contribution in [0.1, 0.15) is 19.4 Å². The Kier molecular flexibility index (Phi) is 5.36. The van der Waals surface area contributed by atoms with E-state index in [1.807, 2.05) is 13.8 Å². The Morgan fingerprint density at radius 2 is 1.81 bits per heavy atom. The molecule has 0 saturated heterocycles. The van der Waals surface area contributed by atoms with E-state index in [1.54, 1.807) is 18.2 Å². The highest BCUT2D eigenvalue weighted by Gasteiger charge is 2.15. The van der Waals surface area contributed by atoms with Crippen molar-refractivity contribution in [2.24, 2.45) is 0 Å². The van der Waals surface area contributed by atoms with Gasteiger partial charge in [-0.3, -0.25) is 0 Å². The summed E-state index contributed by atoms with van der Waals surface area (Å²) < 4.78 is 28.3. The van der Waals surface area contributed by atoms with Gasteiger partial charge in [0.05, 0.1) is 5.02 Å². The van der Waals surface area contributed by atoms with E-state index >= 15 is 0 Å². The lowest BCUT2D eigenvalue weighted by molar-refractivity contribution is 0.581. The van der Waals surface area contributed by atoms with Gasteiger partial charge < -0.3 is 5.32 Å². The fourth-order valence-electron chi connectivity index (χ4n) is 2.02. The second-order valence-electron chi connectivity index (χ2n) is 5.06. The van der Waals surface area contributed by atoms with Crippen molar-refractivity contribution in [1.82, 2.24) is 5.32 Å². The van der Waals surface area contributed by atoms with Crippen LogP contribution in [-0.4, -0.2) is 6.04 Å². The van der Waals surface area contributed by atoms with Gasteiger partial charge in [0.15, 0.2) is 5.82 Å². The van der Waals surface area contributed by atoms with Crippen LogP contribution in [0.15, 0.2) is 34.8 Å². The molecule has 0 aliphatic rings. The molecule has 0 bridgehead atoms. The Balaban J connectivity index is 2.51. The van der Waals surface area contributed by atoms with Gasteiger partial charge in [-0.05, 0) is 45.3 Å². The van der Waals surface area contributed by atoms with Crippen molar-refractivity contribution in [2.45, 2.75) is 26.4 Å². The lowest BCUT2D eigenvalue weighted by Gasteiger charge is -2.14. The van der Waals surface area contributed by atoms with Gasteiger partial charge in [-0.1, -0.05) is 37.6 Å². The van der Waals surface area contributed by atoms with E-state index in [9.17, 15) is 8.78 Å². The quantitative estimate of drug-likeness (QED) is 0.692. The molecule has 2 aromatic carbocycles. The number of nitrogens with one attached hydrogen (secondary N) is 1. The molecular formula is C16H15BrClF2N. The normalized spacial score (nSPS) is 11.2. The molecule has 0 saturated carbocycles. The fourth-order valence-corrected chi connectivity index (χ4v) is 2.49. The Bertz CT molecular complexity index is 659. The molecule has 2 rings (SSSR count). The molecule has 1 nitrogen and oxygen atoms in total. The zero-order valence-electron chi connectivity index (χ0n) is 11.7. The number of benzene rings is 2. The molecule has 0 aliphatic carbocycles. The molecular weight excluding hydrogens is 360 g/mol. The number of hydrogen-bond donors (Lipinski definition) is 1. The van der Waals surface area contributed by atoms with E-state index in [-0.39, 0.29) is 16.9 Å². The van der Waals surface area contributed by atoms with Gasteiger partial charge in [-0.25, -0.2) is 8.78 Å². The minimum Gasteiger partial charge on any atom is -0.310 e. The van der Waals surface area contributed by atoms with Crippen molar-refractivity contribution in [3.05, 3.63) is 57.0 Å². The van der Waals surface area contributed by atoms with Crippen molar-refractivity contribution in [3.63, 3.8) is 0 Å². The van der Waals surface area contributed by atoms with Crippen LogP contribution in [0.5, 0.6) is 0 Å². The molecule has 0 fully saturated rings. The molecule has 0 aliphatic heterocycles. The molecule has 0 spiro atoms. The first-order valence-electron chi connectivity index (χ1n) is 6.56. The van der Waals surface area contributed by atoms with Gasteiger partial charge in [0.2, 0.25) is 0 Å². The van der Waals surface area contributed by atoms with Crippen LogP contribution in [0.2, 0.25) is 5.02 Å². The summed E-state index contributed by atoms with van der Waals surface area (Å²) in [6.45, 7) is 4.45. The third-order valence-corrected chi connectivity index (χ3v) is 4.35. The van der Waals surface area contributed by atoms with Gasteiger partial charge in [-0.15, -0.1) is 0 Å². The van der Waals surface area contributed by atoms with Crippen LogP contribution < -0.4 is 5.32 Å². The van der Waals surface area contributed by atoms with E-state index in [4.69, 9.17) is 11.6 Å². The number of rotatable bonds is 4. The van der Waals surface area contributed by atoms with Gasteiger partial charge in [0.25, 0.3) is 0 Å². The molecule has 2 aromatic rings. The Morgan fingerprint density at radius 1 is 1.14 bits per heavy atom. The highest BCUT2D eigenvalue weighted by molar-refractivity contribution is 9.10. The summed E-state index contributed by atoms with van der Waals surface area (Å²) in [6, 6.07) is 7.89. The zero-order valence-corrected chi connectivity index (χ0v) is 14.0. The van der Waals surface area contributed by atoms with Crippen LogP contribution >= 0.6 is 27.5 Å². The van der Waals surface area contributed by atoms with Crippen LogP contribution in [-0.2, 0) is 6.54 Å². The first-order valence-corrected chi connectivity index (χ1v) is 7.73. The molecule has 0 aromatic heterocycles. The smallest absolute Gasteiger partial charge is 0.150 e. The van der Waals surface area contributed by atoms with Gasteiger partial charge in [0, 0.05) is 22.6 Å². The molecule has 0 amide bonds. The maximum absolute atomic E-state index is 14.4. The van der Waals surface area contributed by atoms with Gasteiger partial charge in [0.1, 0.15) is 5.82 Å². The van der Waals surface area contributed by atoms with E-state index < -0.39 is 5.82 Å². The summed E-state index contributed by atoms with van der Waals surface area (Å²) in [5.74, 6) is -0.855. The molecule has 112 valence electrons. The molecule has 21 heavy (non-hydrogen) atoms. The van der Waals surface area contributed by atoms with E-state index in [1.165, 1.54) is 12.1 Å². The van der Waals surface area contributed by atoms with Crippen LogP contribution in [0.25, 0.3) is 11.1 Å². The van der Waals surface area contributed by atoms with Crippen molar-refractivity contribution in [3.8, 4) is 11.1 Å². The lowest BCUT2D eigenvalue weighted by atomic mass is 9.98. The summed E-state index contributed by atoms with van der Waals surface area (Å²) in [5, 5.41) is 3.24. The maximum atomic E-state index is 14.4. The minimum atomic E-state index is -0.511. The summed E-state index contributed by atoms with van der Waals surface area (Å²) in [6.07, 6.45) is 0. The molecule has 0 radical (unpaired) electrons. The SMILES string of the molecule is CC(C)NCc1cc(F)ccc1-c1ccc(Br)c(Cl)c1F. The molecule has 5 heteroatoms. The molecule has 0 unspecified atom stereocenters. The lowest BCUT2D eigenvalue weighted by Crippen LogP contribution is -2.22. The Hall–Kier alpha value is -0.970. The largest absolute Gasteiger partial charge is 0.310 e. The first-order chi connectivity index (χ1) is 9.90. The minimum absolute atomic E-state index is 0.0274. The van der Waals surface area contributed by atoms with Crippen molar-refractivity contribution in [2.75, 3.05) is 0 Å². The number of hydrogen-bond acceptors (Lipinski definition) is 1. The predicted octanol–water partition coefficient (Wildman–Crippen LogP) is 5.55. The topological polar surface area (TPSA) is 12.0 Å². The number of halogens is 4. The van der Waals surface area contributed by atoms with E-state index in [2.05, 4.69) is 21.2 Å². The third kappa shape index (κ3) is 3.82. The highest BCUT2D eigenvalue weighted by atomic mass is 79.9. The van der Waals surface area contributed by atoms with Crippen LogP contribution in [0.3, 0.4) is 0 Å². The van der Waals surface area contributed by atoms with E-state index in [0.29, 0.717) is 27.7 Å². The van der Waals surface area contributed by atoms with Crippen molar-refractivity contribution < 1.29 is 8.78 Å². The van der Waals surface area contributed by atoms with Gasteiger partial charge in [-0.2, -0.15) is 0 Å². The summed E-state index contributed by atoms with van der Waals surface area (Å²) in [5.41, 5.74) is 1.70. The maximum Gasteiger partial charge on any atom is 0.150 e. The Morgan fingerprint density at radius 3 is 2.48 bits per heavy atom. The van der Waals surface area contributed by atoms with Crippen LogP contribution in [0, 0.1) is 11.6 Å². The standard InChI is InChI=1S/C16H15BrClF2N/c1-9(2)21-8-10-7-11(19)3-4-12(10)13-5-6-14(17)15(18)16(13)20/h3-7,9,21H,8H2,1-2H3. The third-order valence-electron chi connectivity index (χ3n) is 3.09. The first kappa shape index (κ1) is 16.4. The fraction of sp³-hybridized carbons (Fsp3) is 0.250. The zero-order chi connectivity index (χ0) is 15.6. The Labute approximate surface area is 136 Å². The highest BCUT2D eigenvalue weighted by Crippen LogP contribution is 2.34. The second kappa shape index (κ2) is 6.86.